The summed E-state index contributed by atoms with van der Waals surface area (Å²) in [4.78, 5) is 0. The Hall–Kier alpha value is -1.08. The Morgan fingerprint density at radius 1 is 1.10 bits per heavy atom. The first-order valence-corrected chi connectivity index (χ1v) is 8.45. The van der Waals surface area contributed by atoms with E-state index in [1.807, 2.05) is 18.2 Å². The van der Waals surface area contributed by atoms with Crippen molar-refractivity contribution in [1.82, 2.24) is 5.32 Å². The van der Waals surface area contributed by atoms with Crippen molar-refractivity contribution >= 4 is 0 Å². The third-order valence-corrected chi connectivity index (χ3v) is 4.01. The lowest BCUT2D eigenvalue weighted by molar-refractivity contribution is 0.356. The van der Waals surface area contributed by atoms with Gasteiger partial charge in [0.15, 0.2) is 0 Å². The number of allylic oxidation sites excluding steroid dienone is 2. The fourth-order valence-electron chi connectivity index (χ4n) is 2.63. The molecule has 0 aromatic rings. The summed E-state index contributed by atoms with van der Waals surface area (Å²) in [6.07, 6.45) is 19.7. The van der Waals surface area contributed by atoms with E-state index in [0.29, 0.717) is 6.04 Å². The van der Waals surface area contributed by atoms with Gasteiger partial charge in [0.2, 0.25) is 0 Å². The molecule has 0 rings (SSSR count). The summed E-state index contributed by atoms with van der Waals surface area (Å²) < 4.78 is 0. The molecule has 0 fully saturated rings. The van der Waals surface area contributed by atoms with Crippen LogP contribution in [-0.4, -0.2) is 11.6 Å². The Kier molecular flexibility index (Phi) is 12.0. The maximum Gasteiger partial charge on any atom is 0.0547 e. The molecule has 120 valence electrons. The van der Waals surface area contributed by atoms with E-state index in [9.17, 15) is 0 Å². The van der Waals surface area contributed by atoms with Crippen LogP contribution >= 0.6 is 0 Å². The second-order valence-electron chi connectivity index (χ2n) is 5.77. The zero-order valence-corrected chi connectivity index (χ0v) is 14.2. The molecule has 0 aliphatic rings. The lowest BCUT2D eigenvalue weighted by Gasteiger charge is -2.33. The van der Waals surface area contributed by atoms with Crippen LogP contribution in [0.1, 0.15) is 65.2 Å². The minimum absolute atomic E-state index is 0.151. The van der Waals surface area contributed by atoms with Gasteiger partial charge >= 0.3 is 0 Å². The molecule has 0 heterocycles. The number of rotatable bonds is 14. The predicted octanol–water partition coefficient (Wildman–Crippen LogP) is 5.96. The second kappa shape index (κ2) is 12.6. The molecule has 0 aliphatic carbocycles. The number of hydrogen-bond donors (Lipinski definition) is 1. The monoisotopic (exact) mass is 289 g/mol. The van der Waals surface area contributed by atoms with Gasteiger partial charge in [0.05, 0.1) is 5.54 Å². The molecular formula is C20H35N. The minimum Gasteiger partial charge on any atom is -0.302 e. The van der Waals surface area contributed by atoms with E-state index >= 15 is 0 Å². The molecule has 0 spiro atoms. The highest BCUT2D eigenvalue weighted by Gasteiger charge is 2.24. The zero-order valence-electron chi connectivity index (χ0n) is 14.2. The van der Waals surface area contributed by atoms with Crippen LogP contribution in [0.4, 0.5) is 0 Å². The molecule has 0 amide bonds. The van der Waals surface area contributed by atoms with Crippen molar-refractivity contribution < 1.29 is 0 Å². The Morgan fingerprint density at radius 2 is 1.81 bits per heavy atom. The van der Waals surface area contributed by atoms with Crippen molar-refractivity contribution in [2.75, 3.05) is 0 Å². The summed E-state index contributed by atoms with van der Waals surface area (Å²) in [6, 6.07) is 0.465. The number of unbranched alkanes of at least 4 members (excludes halogenated alkanes) is 3. The summed E-state index contributed by atoms with van der Waals surface area (Å²) in [7, 11) is 0. The average molecular weight is 290 g/mol. The highest BCUT2D eigenvalue weighted by molar-refractivity contribution is 5.15. The van der Waals surface area contributed by atoms with Gasteiger partial charge in [-0.05, 0) is 39.0 Å². The largest absolute Gasteiger partial charge is 0.302 e. The van der Waals surface area contributed by atoms with Crippen molar-refractivity contribution in [3.63, 3.8) is 0 Å². The van der Waals surface area contributed by atoms with E-state index in [-0.39, 0.29) is 5.54 Å². The van der Waals surface area contributed by atoms with Crippen LogP contribution < -0.4 is 5.32 Å². The molecule has 0 aromatic heterocycles. The van der Waals surface area contributed by atoms with Crippen molar-refractivity contribution in [2.45, 2.75) is 76.8 Å². The maximum atomic E-state index is 4.03. The van der Waals surface area contributed by atoms with Crippen LogP contribution in [0, 0.1) is 0 Å². The lowest BCUT2D eigenvalue weighted by atomic mass is 9.90. The van der Waals surface area contributed by atoms with E-state index in [1.54, 1.807) is 0 Å². The standard InChI is InChI=1S/C20H35N/c1-6-11-13-15-18-20(9-4,10-5)21-19(16-8-3)17-14-12-7-2/h6,8-11,19,21H,3-5,7,12-18H2,1-2H3/b11-6-. The first-order chi connectivity index (χ1) is 10.2. The van der Waals surface area contributed by atoms with Crippen LogP contribution in [0.15, 0.2) is 50.1 Å². The van der Waals surface area contributed by atoms with Crippen LogP contribution in [0.25, 0.3) is 0 Å². The Balaban J connectivity index is 4.60. The summed E-state index contributed by atoms with van der Waals surface area (Å²) in [6.45, 7) is 16.3. The fraction of sp³-hybridized carbons (Fsp3) is 0.600. The summed E-state index contributed by atoms with van der Waals surface area (Å²) >= 11 is 0. The van der Waals surface area contributed by atoms with Gasteiger partial charge in [0.25, 0.3) is 0 Å². The highest BCUT2D eigenvalue weighted by Crippen LogP contribution is 2.21. The molecular weight excluding hydrogens is 254 g/mol. The third-order valence-electron chi connectivity index (χ3n) is 4.01. The van der Waals surface area contributed by atoms with Gasteiger partial charge in [-0.3, -0.25) is 0 Å². The Bertz CT molecular complexity index is 306. The molecule has 0 bridgehead atoms. The van der Waals surface area contributed by atoms with Gasteiger partial charge in [-0.1, -0.05) is 56.6 Å². The molecule has 1 N–H and O–H groups in total. The fourth-order valence-corrected chi connectivity index (χ4v) is 2.63. The summed E-state index contributed by atoms with van der Waals surface area (Å²) in [5, 5.41) is 3.77. The number of hydrogen-bond acceptors (Lipinski definition) is 1. The van der Waals surface area contributed by atoms with Gasteiger partial charge in [-0.2, -0.15) is 0 Å². The minimum atomic E-state index is -0.151. The van der Waals surface area contributed by atoms with E-state index in [2.05, 4.69) is 51.1 Å². The van der Waals surface area contributed by atoms with Crippen LogP contribution in [0.5, 0.6) is 0 Å². The molecule has 1 heteroatoms. The van der Waals surface area contributed by atoms with Crippen LogP contribution in [0.3, 0.4) is 0 Å². The molecule has 1 unspecified atom stereocenters. The summed E-state index contributed by atoms with van der Waals surface area (Å²) in [5.41, 5.74) is -0.151. The van der Waals surface area contributed by atoms with Gasteiger partial charge in [-0.15, -0.1) is 19.7 Å². The zero-order chi connectivity index (χ0) is 16.0. The first-order valence-electron chi connectivity index (χ1n) is 8.45. The quantitative estimate of drug-likeness (QED) is 0.307. The molecule has 1 nitrogen and oxygen atoms in total. The molecule has 0 aliphatic heterocycles. The molecule has 0 radical (unpaired) electrons. The first kappa shape index (κ1) is 19.9. The molecule has 21 heavy (non-hydrogen) atoms. The van der Waals surface area contributed by atoms with Gasteiger partial charge in [-0.25, -0.2) is 0 Å². The predicted molar refractivity (Wildman–Crippen MR) is 97.7 cm³/mol. The summed E-state index contributed by atoms with van der Waals surface area (Å²) in [5.74, 6) is 0. The Labute approximate surface area is 132 Å². The van der Waals surface area contributed by atoms with E-state index in [1.165, 1.54) is 25.7 Å². The van der Waals surface area contributed by atoms with Gasteiger partial charge in [0, 0.05) is 6.04 Å². The van der Waals surface area contributed by atoms with Crippen LogP contribution in [-0.2, 0) is 0 Å². The highest BCUT2D eigenvalue weighted by atomic mass is 15.0. The maximum absolute atomic E-state index is 4.03. The van der Waals surface area contributed by atoms with E-state index in [4.69, 9.17) is 0 Å². The van der Waals surface area contributed by atoms with Crippen molar-refractivity contribution in [3.05, 3.63) is 50.1 Å². The van der Waals surface area contributed by atoms with Crippen molar-refractivity contribution in [2.24, 2.45) is 0 Å². The lowest BCUT2D eigenvalue weighted by Crippen LogP contribution is -2.47. The number of nitrogens with one attached hydrogen (secondary N) is 1. The second-order valence-corrected chi connectivity index (χ2v) is 5.77. The average Bonchev–Trinajstić information content (AvgIpc) is 2.50. The molecule has 0 saturated heterocycles. The van der Waals surface area contributed by atoms with Crippen molar-refractivity contribution in [1.29, 1.82) is 0 Å². The smallest absolute Gasteiger partial charge is 0.0547 e. The topological polar surface area (TPSA) is 12.0 Å². The van der Waals surface area contributed by atoms with Gasteiger partial charge < -0.3 is 5.32 Å². The molecule has 0 saturated carbocycles. The van der Waals surface area contributed by atoms with E-state index in [0.717, 1.165) is 25.7 Å². The van der Waals surface area contributed by atoms with Crippen molar-refractivity contribution in [3.8, 4) is 0 Å². The van der Waals surface area contributed by atoms with E-state index < -0.39 is 0 Å². The third kappa shape index (κ3) is 8.72. The molecule has 1 atom stereocenters. The Morgan fingerprint density at radius 3 is 2.33 bits per heavy atom. The van der Waals surface area contributed by atoms with Gasteiger partial charge in [0.1, 0.15) is 0 Å². The normalized spacial score (nSPS) is 13.2. The molecule has 0 aromatic carbocycles. The van der Waals surface area contributed by atoms with Crippen LogP contribution in [0.2, 0.25) is 0 Å². The SMILES string of the molecule is C=CCC(CCCCC)NC(C=C)(C=C)CCC/C=C\C.